The topological polar surface area (TPSA) is 38.3 Å². The van der Waals surface area contributed by atoms with Crippen LogP contribution in [0.2, 0.25) is 0 Å². The van der Waals surface area contributed by atoms with Crippen LogP contribution in [0.5, 0.6) is 0 Å². The van der Waals surface area contributed by atoms with Crippen molar-refractivity contribution in [3.05, 3.63) is 0 Å². The van der Waals surface area contributed by atoms with Crippen molar-refractivity contribution < 1.29 is 9.53 Å². The van der Waals surface area contributed by atoms with Crippen molar-refractivity contribution in [2.45, 2.75) is 52.5 Å². The third kappa shape index (κ3) is 3.78. The molecule has 0 aliphatic carbocycles. The van der Waals surface area contributed by atoms with E-state index in [2.05, 4.69) is 26.1 Å². The molecular weight excluding hydrogens is 202 g/mol. The Labute approximate surface area is 98.9 Å². The van der Waals surface area contributed by atoms with E-state index in [1.807, 2.05) is 0 Å². The summed E-state index contributed by atoms with van der Waals surface area (Å²) < 4.78 is 4.79. The number of nitrogens with one attached hydrogen (secondary N) is 1. The van der Waals surface area contributed by atoms with Gasteiger partial charge in [0, 0.05) is 0 Å². The lowest BCUT2D eigenvalue weighted by molar-refractivity contribution is -0.144. The maximum atomic E-state index is 11.5. The fraction of sp³-hybridized carbons (Fsp3) is 0.923. The van der Waals surface area contributed by atoms with Gasteiger partial charge in [0.25, 0.3) is 0 Å². The molecule has 2 unspecified atom stereocenters. The summed E-state index contributed by atoms with van der Waals surface area (Å²) in [6.07, 6.45) is 4.51. The second kappa shape index (κ2) is 5.67. The summed E-state index contributed by atoms with van der Waals surface area (Å²) in [5.74, 6) is 0.541. The molecule has 1 fully saturated rings. The van der Waals surface area contributed by atoms with Crippen LogP contribution in [-0.4, -0.2) is 25.7 Å². The number of piperidine rings is 1. The van der Waals surface area contributed by atoms with Crippen molar-refractivity contribution >= 4 is 5.97 Å². The highest BCUT2D eigenvalue weighted by Crippen LogP contribution is 2.33. The summed E-state index contributed by atoms with van der Waals surface area (Å²) in [4.78, 5) is 11.5. The van der Waals surface area contributed by atoms with E-state index in [0.717, 1.165) is 13.0 Å². The summed E-state index contributed by atoms with van der Waals surface area (Å²) >= 11 is 0. The van der Waals surface area contributed by atoms with Gasteiger partial charge in [-0.3, -0.25) is 4.79 Å². The number of carbonyl (C=O) groups excluding carboxylic acids is 1. The monoisotopic (exact) mass is 227 g/mol. The molecule has 94 valence electrons. The van der Waals surface area contributed by atoms with Gasteiger partial charge < -0.3 is 10.1 Å². The number of hydrogen-bond donors (Lipinski definition) is 1. The van der Waals surface area contributed by atoms with E-state index in [1.165, 1.54) is 26.4 Å². The summed E-state index contributed by atoms with van der Waals surface area (Å²) in [5, 5.41) is 3.23. The number of carbonyl (C=O) groups is 1. The van der Waals surface area contributed by atoms with Gasteiger partial charge in [0.2, 0.25) is 0 Å². The first-order valence-electron chi connectivity index (χ1n) is 6.29. The number of rotatable bonds is 4. The van der Waals surface area contributed by atoms with Crippen molar-refractivity contribution in [1.29, 1.82) is 0 Å². The number of ether oxygens (including phenoxy) is 1. The zero-order valence-electron chi connectivity index (χ0n) is 11.0. The molecule has 1 aliphatic heterocycles. The molecule has 1 rings (SSSR count). The molecule has 3 nitrogen and oxygen atoms in total. The van der Waals surface area contributed by atoms with Crippen LogP contribution in [0, 0.1) is 11.3 Å². The van der Waals surface area contributed by atoms with E-state index in [1.54, 1.807) is 0 Å². The van der Waals surface area contributed by atoms with Crippen LogP contribution < -0.4 is 5.32 Å². The Morgan fingerprint density at radius 2 is 2.19 bits per heavy atom. The molecule has 1 saturated heterocycles. The zero-order valence-corrected chi connectivity index (χ0v) is 11.0. The van der Waals surface area contributed by atoms with Crippen molar-refractivity contribution in [2.75, 3.05) is 13.7 Å². The summed E-state index contributed by atoms with van der Waals surface area (Å²) in [5.41, 5.74) is 0.392. The number of hydrogen-bond acceptors (Lipinski definition) is 3. The van der Waals surface area contributed by atoms with Gasteiger partial charge in [-0.2, -0.15) is 0 Å². The minimum atomic E-state index is -0.112. The summed E-state index contributed by atoms with van der Waals surface area (Å²) in [6.45, 7) is 7.79. The van der Waals surface area contributed by atoms with Crippen molar-refractivity contribution in [3.8, 4) is 0 Å². The van der Waals surface area contributed by atoms with Gasteiger partial charge in [0.15, 0.2) is 0 Å². The first-order chi connectivity index (χ1) is 7.48. The molecular formula is C13H25NO2. The van der Waals surface area contributed by atoms with Crippen LogP contribution in [-0.2, 0) is 9.53 Å². The molecule has 0 amide bonds. The van der Waals surface area contributed by atoms with Crippen molar-refractivity contribution in [1.82, 2.24) is 5.32 Å². The molecule has 2 atom stereocenters. The highest BCUT2D eigenvalue weighted by molar-refractivity contribution is 5.75. The Balaban J connectivity index is 2.48. The lowest BCUT2D eigenvalue weighted by atomic mass is 9.76. The largest absolute Gasteiger partial charge is 0.468 e. The Morgan fingerprint density at radius 3 is 2.75 bits per heavy atom. The van der Waals surface area contributed by atoms with Crippen LogP contribution in [0.1, 0.15) is 46.5 Å². The molecule has 16 heavy (non-hydrogen) atoms. The van der Waals surface area contributed by atoms with Gasteiger partial charge in [-0.15, -0.1) is 0 Å². The van der Waals surface area contributed by atoms with Crippen molar-refractivity contribution in [3.63, 3.8) is 0 Å². The molecule has 0 aromatic rings. The van der Waals surface area contributed by atoms with Gasteiger partial charge in [-0.25, -0.2) is 0 Å². The second-order valence-corrected chi connectivity index (χ2v) is 5.64. The van der Waals surface area contributed by atoms with Crippen LogP contribution >= 0.6 is 0 Å². The summed E-state index contributed by atoms with van der Waals surface area (Å²) in [7, 11) is 1.46. The van der Waals surface area contributed by atoms with E-state index in [9.17, 15) is 4.79 Å². The third-order valence-corrected chi connectivity index (χ3v) is 3.80. The summed E-state index contributed by atoms with van der Waals surface area (Å²) in [6, 6.07) is -0.0867. The Morgan fingerprint density at radius 1 is 1.50 bits per heavy atom. The Hall–Kier alpha value is -0.570. The smallest absolute Gasteiger partial charge is 0.322 e. The zero-order chi connectivity index (χ0) is 12.2. The number of methoxy groups -OCH3 is 1. The SMILES string of the molecule is CCC(C)(C)CC1CCNC(C(=O)OC)C1. The fourth-order valence-electron chi connectivity index (χ4n) is 2.43. The van der Waals surface area contributed by atoms with Crippen LogP contribution in [0.3, 0.4) is 0 Å². The third-order valence-electron chi connectivity index (χ3n) is 3.80. The Kier molecular flexibility index (Phi) is 4.78. The second-order valence-electron chi connectivity index (χ2n) is 5.64. The highest BCUT2D eigenvalue weighted by atomic mass is 16.5. The van der Waals surface area contributed by atoms with E-state index in [0.29, 0.717) is 11.3 Å². The van der Waals surface area contributed by atoms with Crippen LogP contribution in [0.4, 0.5) is 0 Å². The lowest BCUT2D eigenvalue weighted by Gasteiger charge is -2.34. The molecule has 0 radical (unpaired) electrons. The van der Waals surface area contributed by atoms with Gasteiger partial charge in [-0.05, 0) is 37.1 Å². The molecule has 3 heteroatoms. The van der Waals surface area contributed by atoms with E-state index < -0.39 is 0 Å². The van der Waals surface area contributed by atoms with Gasteiger partial charge in [-0.1, -0.05) is 27.2 Å². The molecule has 1 heterocycles. The minimum Gasteiger partial charge on any atom is -0.468 e. The highest BCUT2D eigenvalue weighted by Gasteiger charge is 2.30. The average molecular weight is 227 g/mol. The lowest BCUT2D eigenvalue weighted by Crippen LogP contribution is -2.44. The molecule has 0 aromatic heterocycles. The van der Waals surface area contributed by atoms with Gasteiger partial charge >= 0.3 is 5.97 Å². The quantitative estimate of drug-likeness (QED) is 0.749. The van der Waals surface area contributed by atoms with E-state index >= 15 is 0 Å². The first kappa shape index (κ1) is 13.5. The molecule has 0 saturated carbocycles. The predicted octanol–water partition coefficient (Wildman–Crippen LogP) is 2.35. The first-order valence-corrected chi connectivity index (χ1v) is 6.29. The van der Waals surface area contributed by atoms with Crippen molar-refractivity contribution in [2.24, 2.45) is 11.3 Å². The molecule has 1 aliphatic rings. The average Bonchev–Trinajstić information content (AvgIpc) is 2.28. The maximum absolute atomic E-state index is 11.5. The maximum Gasteiger partial charge on any atom is 0.322 e. The molecule has 1 N–H and O–H groups in total. The minimum absolute atomic E-state index is 0.0867. The van der Waals surface area contributed by atoms with E-state index in [-0.39, 0.29) is 12.0 Å². The normalized spacial score (nSPS) is 26.5. The fourth-order valence-corrected chi connectivity index (χ4v) is 2.43. The molecule has 0 bridgehead atoms. The Bertz CT molecular complexity index is 238. The number of esters is 1. The molecule has 0 aromatic carbocycles. The molecule has 0 spiro atoms. The van der Waals surface area contributed by atoms with E-state index in [4.69, 9.17) is 4.74 Å². The van der Waals surface area contributed by atoms with Crippen LogP contribution in [0.15, 0.2) is 0 Å². The van der Waals surface area contributed by atoms with Gasteiger partial charge in [0.1, 0.15) is 6.04 Å². The van der Waals surface area contributed by atoms with Gasteiger partial charge in [0.05, 0.1) is 7.11 Å². The predicted molar refractivity (Wildman–Crippen MR) is 65.2 cm³/mol. The van der Waals surface area contributed by atoms with Crippen LogP contribution in [0.25, 0.3) is 0 Å². The standard InChI is InChI=1S/C13H25NO2/c1-5-13(2,3)9-10-6-7-14-11(8-10)12(15)16-4/h10-11,14H,5-9H2,1-4H3.